The molecular weight excluding hydrogens is 270 g/mol. The van der Waals surface area contributed by atoms with Gasteiger partial charge in [-0.2, -0.15) is 0 Å². The summed E-state index contributed by atoms with van der Waals surface area (Å²) in [6.07, 6.45) is -0.155. The van der Waals surface area contributed by atoms with Gasteiger partial charge in [-0.05, 0) is 22.4 Å². The minimum absolute atomic E-state index is 0.0768. The van der Waals surface area contributed by atoms with Gasteiger partial charge in [0, 0.05) is 12.0 Å². The molecule has 0 heterocycles. The van der Waals surface area contributed by atoms with Gasteiger partial charge in [0.05, 0.1) is 0 Å². The highest BCUT2D eigenvalue weighted by molar-refractivity contribution is 6.08. The highest BCUT2D eigenvalue weighted by atomic mass is 19.2. The topological polar surface area (TPSA) is 17.1 Å². The van der Waals surface area contributed by atoms with E-state index in [2.05, 4.69) is 0 Å². The van der Waals surface area contributed by atoms with Crippen LogP contribution >= 0.6 is 0 Å². The summed E-state index contributed by atoms with van der Waals surface area (Å²) < 4.78 is 26.9. The standard InChI is InChI=1S/C18H12F2O/c19-16-10-4-7-13(18(16)20)11-17(21)15-9-3-6-12-5-1-2-8-14(12)15/h1-10H,11H2. The minimum Gasteiger partial charge on any atom is -0.294 e. The number of halogens is 2. The Labute approximate surface area is 120 Å². The lowest BCUT2D eigenvalue weighted by molar-refractivity contribution is 0.0993. The maximum atomic E-state index is 13.7. The predicted octanol–water partition coefficient (Wildman–Crippen LogP) is 4.54. The van der Waals surface area contributed by atoms with Crippen molar-refractivity contribution < 1.29 is 13.6 Å². The number of carbonyl (C=O) groups excluding carboxylic acids is 1. The zero-order chi connectivity index (χ0) is 14.8. The molecule has 3 aromatic carbocycles. The predicted molar refractivity (Wildman–Crippen MR) is 78.3 cm³/mol. The fourth-order valence-corrected chi connectivity index (χ4v) is 2.42. The van der Waals surface area contributed by atoms with Gasteiger partial charge in [0.15, 0.2) is 17.4 Å². The second kappa shape index (κ2) is 5.44. The molecule has 104 valence electrons. The van der Waals surface area contributed by atoms with Crippen molar-refractivity contribution >= 4 is 16.6 Å². The second-order valence-electron chi connectivity index (χ2n) is 4.84. The van der Waals surface area contributed by atoms with E-state index >= 15 is 0 Å². The first-order chi connectivity index (χ1) is 10.2. The number of ketones is 1. The summed E-state index contributed by atoms with van der Waals surface area (Å²) in [7, 11) is 0. The summed E-state index contributed by atoms with van der Waals surface area (Å²) in [6, 6.07) is 16.8. The van der Waals surface area contributed by atoms with E-state index in [0.29, 0.717) is 5.56 Å². The van der Waals surface area contributed by atoms with Crippen LogP contribution in [0.25, 0.3) is 10.8 Å². The minimum atomic E-state index is -0.953. The third-order valence-corrected chi connectivity index (χ3v) is 3.47. The number of rotatable bonds is 3. The number of fused-ring (bicyclic) bond motifs is 1. The van der Waals surface area contributed by atoms with Gasteiger partial charge in [-0.25, -0.2) is 8.78 Å². The molecule has 0 atom stereocenters. The van der Waals surface area contributed by atoms with Crippen LogP contribution in [0, 0.1) is 11.6 Å². The lowest BCUT2D eigenvalue weighted by Gasteiger charge is -2.07. The van der Waals surface area contributed by atoms with Gasteiger partial charge in [0.1, 0.15) is 0 Å². The van der Waals surface area contributed by atoms with Crippen molar-refractivity contribution in [3.63, 3.8) is 0 Å². The Bertz CT molecular complexity index is 819. The number of benzene rings is 3. The Hall–Kier alpha value is -2.55. The molecule has 21 heavy (non-hydrogen) atoms. The van der Waals surface area contributed by atoms with E-state index in [-0.39, 0.29) is 17.8 Å². The first-order valence-corrected chi connectivity index (χ1v) is 6.60. The first kappa shape index (κ1) is 13.4. The lowest BCUT2D eigenvalue weighted by atomic mass is 9.97. The van der Waals surface area contributed by atoms with E-state index < -0.39 is 11.6 Å². The molecule has 0 saturated heterocycles. The quantitative estimate of drug-likeness (QED) is 0.644. The normalized spacial score (nSPS) is 10.8. The van der Waals surface area contributed by atoms with E-state index in [0.717, 1.165) is 16.8 Å². The van der Waals surface area contributed by atoms with Crippen LogP contribution in [0.5, 0.6) is 0 Å². The lowest BCUT2D eigenvalue weighted by Crippen LogP contribution is -2.06. The molecule has 3 aromatic rings. The Morgan fingerprint density at radius 2 is 1.57 bits per heavy atom. The third-order valence-electron chi connectivity index (χ3n) is 3.47. The maximum Gasteiger partial charge on any atom is 0.167 e. The Morgan fingerprint density at radius 3 is 2.43 bits per heavy atom. The monoisotopic (exact) mass is 282 g/mol. The zero-order valence-corrected chi connectivity index (χ0v) is 11.1. The SMILES string of the molecule is O=C(Cc1cccc(F)c1F)c1cccc2ccccc12. The number of Topliss-reactive ketones (excluding diaryl/α,β-unsaturated/α-hetero) is 1. The van der Waals surface area contributed by atoms with E-state index in [4.69, 9.17) is 0 Å². The molecule has 0 aliphatic heterocycles. The van der Waals surface area contributed by atoms with Crippen LogP contribution in [-0.2, 0) is 6.42 Å². The molecule has 0 saturated carbocycles. The molecule has 0 spiro atoms. The Morgan fingerprint density at radius 1 is 0.857 bits per heavy atom. The molecule has 0 aromatic heterocycles. The van der Waals surface area contributed by atoms with Gasteiger partial charge in [-0.3, -0.25) is 4.79 Å². The fraction of sp³-hybridized carbons (Fsp3) is 0.0556. The number of carbonyl (C=O) groups is 1. The average Bonchev–Trinajstić information content (AvgIpc) is 2.51. The number of hydrogen-bond donors (Lipinski definition) is 0. The summed E-state index contributed by atoms with van der Waals surface area (Å²) in [5.74, 6) is -2.11. The Kier molecular flexibility index (Phi) is 3.48. The molecule has 3 rings (SSSR count). The number of hydrogen-bond acceptors (Lipinski definition) is 1. The van der Waals surface area contributed by atoms with Crippen molar-refractivity contribution in [2.75, 3.05) is 0 Å². The first-order valence-electron chi connectivity index (χ1n) is 6.60. The van der Waals surface area contributed by atoms with Crippen LogP contribution in [0.3, 0.4) is 0 Å². The summed E-state index contributed by atoms with van der Waals surface area (Å²) in [6.45, 7) is 0. The van der Waals surface area contributed by atoms with Crippen LogP contribution < -0.4 is 0 Å². The Balaban J connectivity index is 2.00. The molecule has 0 N–H and O–H groups in total. The highest BCUT2D eigenvalue weighted by Crippen LogP contribution is 2.21. The van der Waals surface area contributed by atoms with Gasteiger partial charge in [0.2, 0.25) is 0 Å². The van der Waals surface area contributed by atoms with Gasteiger partial charge in [-0.15, -0.1) is 0 Å². The molecular formula is C18H12F2O. The van der Waals surface area contributed by atoms with Crippen molar-refractivity contribution in [2.45, 2.75) is 6.42 Å². The van der Waals surface area contributed by atoms with Gasteiger partial charge >= 0.3 is 0 Å². The maximum absolute atomic E-state index is 13.7. The van der Waals surface area contributed by atoms with Crippen molar-refractivity contribution in [3.8, 4) is 0 Å². The van der Waals surface area contributed by atoms with Gasteiger partial charge in [0.25, 0.3) is 0 Å². The largest absolute Gasteiger partial charge is 0.294 e. The van der Waals surface area contributed by atoms with Crippen molar-refractivity contribution in [2.24, 2.45) is 0 Å². The van der Waals surface area contributed by atoms with E-state index in [9.17, 15) is 13.6 Å². The summed E-state index contributed by atoms with van der Waals surface area (Å²) >= 11 is 0. The van der Waals surface area contributed by atoms with Crippen LogP contribution in [0.15, 0.2) is 60.7 Å². The van der Waals surface area contributed by atoms with Crippen LogP contribution in [0.4, 0.5) is 8.78 Å². The summed E-state index contributed by atoms with van der Waals surface area (Å²) in [5, 5.41) is 1.77. The van der Waals surface area contributed by atoms with Gasteiger partial charge in [-0.1, -0.05) is 54.6 Å². The zero-order valence-electron chi connectivity index (χ0n) is 11.1. The molecule has 0 aliphatic carbocycles. The van der Waals surface area contributed by atoms with Crippen molar-refractivity contribution in [1.82, 2.24) is 0 Å². The average molecular weight is 282 g/mol. The van der Waals surface area contributed by atoms with E-state index in [1.165, 1.54) is 12.1 Å². The molecule has 0 bridgehead atoms. The highest BCUT2D eigenvalue weighted by Gasteiger charge is 2.14. The molecule has 0 radical (unpaired) electrons. The molecule has 0 amide bonds. The van der Waals surface area contributed by atoms with Crippen LogP contribution in [-0.4, -0.2) is 5.78 Å². The van der Waals surface area contributed by atoms with Crippen LogP contribution in [0.2, 0.25) is 0 Å². The smallest absolute Gasteiger partial charge is 0.167 e. The third kappa shape index (κ3) is 2.55. The summed E-state index contributed by atoms with van der Waals surface area (Å²) in [5.41, 5.74) is 0.602. The molecule has 0 fully saturated rings. The van der Waals surface area contributed by atoms with E-state index in [1.807, 2.05) is 30.3 Å². The second-order valence-corrected chi connectivity index (χ2v) is 4.84. The van der Waals surface area contributed by atoms with Crippen molar-refractivity contribution in [1.29, 1.82) is 0 Å². The van der Waals surface area contributed by atoms with Gasteiger partial charge < -0.3 is 0 Å². The fourth-order valence-electron chi connectivity index (χ4n) is 2.42. The molecule has 1 nitrogen and oxygen atoms in total. The van der Waals surface area contributed by atoms with Crippen molar-refractivity contribution in [3.05, 3.63) is 83.4 Å². The molecule has 3 heteroatoms. The van der Waals surface area contributed by atoms with E-state index in [1.54, 1.807) is 12.1 Å². The molecule has 0 aliphatic rings. The molecule has 0 unspecified atom stereocenters. The summed E-state index contributed by atoms with van der Waals surface area (Å²) in [4.78, 5) is 12.4. The van der Waals surface area contributed by atoms with Crippen LogP contribution in [0.1, 0.15) is 15.9 Å².